The molecule has 0 radical (unpaired) electrons. The summed E-state index contributed by atoms with van der Waals surface area (Å²) >= 11 is 1.22. The lowest BCUT2D eigenvalue weighted by molar-refractivity contribution is -0.126. The number of carbonyl (C=O) groups is 2. The number of nitrogens with one attached hydrogen (secondary N) is 1. The van der Waals surface area contributed by atoms with Gasteiger partial charge in [-0.05, 0) is 13.3 Å². The van der Waals surface area contributed by atoms with Crippen molar-refractivity contribution in [1.29, 1.82) is 0 Å². The first-order valence-corrected chi connectivity index (χ1v) is 6.42. The van der Waals surface area contributed by atoms with E-state index in [1.807, 2.05) is 0 Å². The van der Waals surface area contributed by atoms with E-state index >= 15 is 0 Å². The van der Waals surface area contributed by atoms with Gasteiger partial charge in [-0.3, -0.25) is 14.9 Å². The molecule has 1 aromatic rings. The van der Waals surface area contributed by atoms with Crippen LogP contribution in [0.3, 0.4) is 0 Å². The molecule has 0 aliphatic rings. The molecule has 1 aromatic heterocycles. The summed E-state index contributed by atoms with van der Waals surface area (Å²) in [5.74, 6) is -0.398. The van der Waals surface area contributed by atoms with Crippen LogP contribution in [0, 0.1) is 0 Å². The average Bonchev–Trinajstić information content (AvgIpc) is 2.77. The number of hydrogen-bond donors (Lipinski definition) is 1. The Labute approximate surface area is 110 Å². The second-order valence-electron chi connectivity index (χ2n) is 3.67. The lowest BCUT2D eigenvalue weighted by atomic mass is 10.3. The van der Waals surface area contributed by atoms with Crippen LogP contribution in [0.1, 0.15) is 30.8 Å². The lowest BCUT2D eigenvalue weighted by Crippen LogP contribution is -2.28. The molecule has 0 aliphatic heterocycles. The Bertz CT molecular complexity index is 442. The van der Waals surface area contributed by atoms with Gasteiger partial charge in [-0.1, -0.05) is 6.08 Å². The number of ether oxygens (including phenoxy) is 1. The molecule has 0 aliphatic carbocycles. The van der Waals surface area contributed by atoms with Crippen molar-refractivity contribution in [2.45, 2.75) is 26.4 Å². The fourth-order valence-corrected chi connectivity index (χ4v) is 1.86. The normalized spacial score (nSPS) is 11.9. The second kappa shape index (κ2) is 7.03. The van der Waals surface area contributed by atoms with Crippen LogP contribution in [0.5, 0.6) is 0 Å². The van der Waals surface area contributed by atoms with E-state index in [-0.39, 0.29) is 11.7 Å². The largest absolute Gasteiger partial charge is 0.368 e. The number of amides is 1. The van der Waals surface area contributed by atoms with Gasteiger partial charge in [0.15, 0.2) is 10.9 Å². The molecule has 0 aromatic carbocycles. The molecule has 5 nitrogen and oxygen atoms in total. The summed E-state index contributed by atoms with van der Waals surface area (Å²) in [5.41, 5.74) is 0.357. The molecule has 1 rings (SSSR count). The van der Waals surface area contributed by atoms with E-state index in [9.17, 15) is 9.59 Å². The van der Waals surface area contributed by atoms with Crippen LogP contribution in [-0.2, 0) is 9.53 Å². The van der Waals surface area contributed by atoms with Crippen LogP contribution >= 0.6 is 11.3 Å². The maximum absolute atomic E-state index is 11.7. The average molecular weight is 268 g/mol. The third-order valence-corrected chi connectivity index (χ3v) is 2.91. The SMILES string of the molecule is C=CCCOC(C)C(=O)Nc1nc(C(C)=O)cs1. The second-order valence-corrected chi connectivity index (χ2v) is 4.53. The summed E-state index contributed by atoms with van der Waals surface area (Å²) < 4.78 is 5.30. The van der Waals surface area contributed by atoms with Crippen molar-refractivity contribution in [3.63, 3.8) is 0 Å². The van der Waals surface area contributed by atoms with Crippen LogP contribution < -0.4 is 5.32 Å². The Morgan fingerprint density at radius 3 is 2.94 bits per heavy atom. The lowest BCUT2D eigenvalue weighted by Gasteiger charge is -2.11. The Morgan fingerprint density at radius 2 is 2.39 bits per heavy atom. The van der Waals surface area contributed by atoms with Crippen LogP contribution in [0.25, 0.3) is 0 Å². The first kappa shape index (κ1) is 14.5. The number of nitrogens with zero attached hydrogens (tertiary/aromatic N) is 1. The summed E-state index contributed by atoms with van der Waals surface area (Å²) in [4.78, 5) is 26.7. The highest BCUT2D eigenvalue weighted by molar-refractivity contribution is 7.14. The quantitative estimate of drug-likeness (QED) is 0.468. The molecule has 0 bridgehead atoms. The van der Waals surface area contributed by atoms with E-state index in [0.717, 1.165) is 0 Å². The van der Waals surface area contributed by atoms with Crippen molar-refractivity contribution in [1.82, 2.24) is 4.98 Å². The summed E-state index contributed by atoms with van der Waals surface area (Å²) in [7, 11) is 0. The molecule has 1 atom stereocenters. The number of thiazole rings is 1. The number of aromatic nitrogens is 1. The van der Waals surface area contributed by atoms with Gasteiger partial charge in [0, 0.05) is 12.3 Å². The molecule has 1 amide bonds. The Kier molecular flexibility index (Phi) is 5.67. The van der Waals surface area contributed by atoms with Crippen molar-refractivity contribution in [2.75, 3.05) is 11.9 Å². The smallest absolute Gasteiger partial charge is 0.254 e. The van der Waals surface area contributed by atoms with Crippen molar-refractivity contribution in [2.24, 2.45) is 0 Å². The van der Waals surface area contributed by atoms with Gasteiger partial charge < -0.3 is 4.74 Å². The molecule has 1 unspecified atom stereocenters. The predicted octanol–water partition coefficient (Wildman–Crippen LogP) is 2.27. The van der Waals surface area contributed by atoms with E-state index in [4.69, 9.17) is 4.74 Å². The topological polar surface area (TPSA) is 68.3 Å². The van der Waals surface area contributed by atoms with Gasteiger partial charge in [-0.2, -0.15) is 0 Å². The monoisotopic (exact) mass is 268 g/mol. The summed E-state index contributed by atoms with van der Waals surface area (Å²) in [6, 6.07) is 0. The van der Waals surface area contributed by atoms with Gasteiger partial charge in [-0.15, -0.1) is 17.9 Å². The maximum Gasteiger partial charge on any atom is 0.254 e. The standard InChI is InChI=1S/C12H16N2O3S/c1-4-5-6-17-9(3)11(16)14-12-13-10(7-18-12)8(2)15/h4,7,9H,1,5-6H2,2-3H3,(H,13,14,16). The first-order chi connectivity index (χ1) is 8.54. The van der Waals surface area contributed by atoms with Gasteiger partial charge in [-0.25, -0.2) is 4.98 Å². The minimum absolute atomic E-state index is 0.123. The number of hydrogen-bond acceptors (Lipinski definition) is 5. The Balaban J connectivity index is 2.47. The number of anilines is 1. The number of Topliss-reactive ketones (excluding diaryl/α,β-unsaturated/α-hetero) is 1. The zero-order valence-electron chi connectivity index (χ0n) is 10.4. The predicted molar refractivity (Wildman–Crippen MR) is 71.0 cm³/mol. The Morgan fingerprint density at radius 1 is 1.67 bits per heavy atom. The van der Waals surface area contributed by atoms with Crippen molar-refractivity contribution >= 4 is 28.2 Å². The van der Waals surface area contributed by atoms with Crippen molar-refractivity contribution in [3.05, 3.63) is 23.7 Å². The fraction of sp³-hybridized carbons (Fsp3) is 0.417. The highest BCUT2D eigenvalue weighted by Gasteiger charge is 2.15. The van der Waals surface area contributed by atoms with E-state index < -0.39 is 6.10 Å². The summed E-state index contributed by atoms with van der Waals surface area (Å²) in [6.45, 7) is 7.12. The molecule has 98 valence electrons. The van der Waals surface area contributed by atoms with E-state index in [1.165, 1.54) is 18.3 Å². The first-order valence-electron chi connectivity index (χ1n) is 5.54. The van der Waals surface area contributed by atoms with Crippen molar-refractivity contribution in [3.8, 4) is 0 Å². The number of carbonyl (C=O) groups excluding carboxylic acids is 2. The third-order valence-electron chi connectivity index (χ3n) is 2.15. The van der Waals surface area contributed by atoms with Gasteiger partial charge in [0.05, 0.1) is 6.61 Å². The molecule has 1 heterocycles. The fourth-order valence-electron chi connectivity index (χ4n) is 1.10. The molecule has 0 saturated heterocycles. The minimum atomic E-state index is -0.561. The van der Waals surface area contributed by atoms with E-state index in [1.54, 1.807) is 18.4 Å². The molecular weight excluding hydrogens is 252 g/mol. The van der Waals surface area contributed by atoms with E-state index in [2.05, 4.69) is 16.9 Å². The van der Waals surface area contributed by atoms with Crippen LogP contribution in [0.15, 0.2) is 18.0 Å². The molecule has 0 spiro atoms. The number of ketones is 1. The molecule has 0 saturated carbocycles. The molecular formula is C12H16N2O3S. The zero-order valence-corrected chi connectivity index (χ0v) is 11.3. The van der Waals surface area contributed by atoms with Gasteiger partial charge in [0.25, 0.3) is 5.91 Å². The highest BCUT2D eigenvalue weighted by Crippen LogP contribution is 2.16. The third kappa shape index (κ3) is 4.38. The maximum atomic E-state index is 11.7. The number of rotatable bonds is 7. The highest BCUT2D eigenvalue weighted by atomic mass is 32.1. The van der Waals surface area contributed by atoms with Gasteiger partial charge in [0.1, 0.15) is 11.8 Å². The molecule has 18 heavy (non-hydrogen) atoms. The van der Waals surface area contributed by atoms with Gasteiger partial charge >= 0.3 is 0 Å². The van der Waals surface area contributed by atoms with Gasteiger partial charge in [0.2, 0.25) is 0 Å². The molecule has 1 N–H and O–H groups in total. The van der Waals surface area contributed by atoms with Crippen LogP contribution in [0.4, 0.5) is 5.13 Å². The van der Waals surface area contributed by atoms with E-state index in [0.29, 0.717) is 23.9 Å². The molecule has 0 fully saturated rings. The Hall–Kier alpha value is -1.53. The molecule has 6 heteroatoms. The van der Waals surface area contributed by atoms with Crippen LogP contribution in [-0.4, -0.2) is 29.4 Å². The minimum Gasteiger partial charge on any atom is -0.368 e. The summed E-state index contributed by atoms with van der Waals surface area (Å²) in [6.07, 6.45) is 1.86. The van der Waals surface area contributed by atoms with Crippen molar-refractivity contribution < 1.29 is 14.3 Å². The zero-order chi connectivity index (χ0) is 13.5. The summed E-state index contributed by atoms with van der Waals surface area (Å²) in [5, 5.41) is 4.63. The van der Waals surface area contributed by atoms with Crippen LogP contribution in [0.2, 0.25) is 0 Å².